The third-order valence-electron chi connectivity index (χ3n) is 8.73. The molecule has 15 heteroatoms. The van der Waals surface area contributed by atoms with Crippen LogP contribution < -0.4 is 4.74 Å². The summed E-state index contributed by atoms with van der Waals surface area (Å²) in [6.45, 7) is 31.9. The first-order valence-corrected chi connectivity index (χ1v) is 24.1. The Kier molecular flexibility index (Phi) is 17.3. The number of rotatable bonds is 8. The van der Waals surface area contributed by atoms with Gasteiger partial charge in [0.15, 0.2) is 0 Å². The summed E-state index contributed by atoms with van der Waals surface area (Å²) in [7, 11) is 0.0443. The van der Waals surface area contributed by atoms with E-state index in [1.54, 1.807) is 63.5 Å². The van der Waals surface area contributed by atoms with Crippen LogP contribution in [0.5, 0.6) is 5.75 Å². The number of esters is 2. The van der Waals surface area contributed by atoms with Crippen molar-refractivity contribution < 1.29 is 42.9 Å². The number of nitrogens with zero attached hydrogens (tertiary/aromatic N) is 4. The van der Waals surface area contributed by atoms with E-state index in [1.165, 1.54) is 7.11 Å². The van der Waals surface area contributed by atoms with Gasteiger partial charge < -0.3 is 33.5 Å². The zero-order chi connectivity index (χ0) is 43.0. The van der Waals surface area contributed by atoms with Crippen molar-refractivity contribution in [2.75, 3.05) is 66.1 Å². The molecule has 0 spiro atoms. The van der Waals surface area contributed by atoms with Gasteiger partial charge in [-0.25, -0.2) is 19.2 Å². The molecule has 13 nitrogen and oxygen atoms in total. The summed E-state index contributed by atoms with van der Waals surface area (Å²) in [6.07, 6.45) is -1.01. The van der Waals surface area contributed by atoms with E-state index in [9.17, 15) is 19.2 Å². The zero-order valence-electron chi connectivity index (χ0n) is 37.1. The maximum atomic E-state index is 14.6. The fourth-order valence-corrected chi connectivity index (χ4v) is 7.24. The van der Waals surface area contributed by atoms with Crippen molar-refractivity contribution in [2.45, 2.75) is 137 Å². The second-order valence-corrected chi connectivity index (χ2v) is 26.1. The number of amides is 2. The predicted octanol–water partition coefficient (Wildman–Crippen LogP) is 8.23. The van der Waals surface area contributed by atoms with Crippen LogP contribution in [-0.4, -0.2) is 140 Å². The predicted molar refractivity (Wildman–Crippen MR) is 226 cm³/mol. The molecule has 1 aliphatic heterocycles. The first-order valence-electron chi connectivity index (χ1n) is 19.6. The summed E-state index contributed by atoms with van der Waals surface area (Å²) in [5.41, 5.74) is -1.96. The first kappa shape index (κ1) is 49.3. The summed E-state index contributed by atoms with van der Waals surface area (Å²) >= 11 is 3.61. The Morgan fingerprint density at radius 1 is 0.696 bits per heavy atom. The van der Waals surface area contributed by atoms with Crippen LogP contribution in [0.2, 0.25) is 25.7 Å². The molecule has 1 aliphatic rings. The fourth-order valence-electron chi connectivity index (χ4n) is 5.89. The van der Waals surface area contributed by atoms with Gasteiger partial charge in [0.05, 0.1) is 23.8 Å². The van der Waals surface area contributed by atoms with Crippen molar-refractivity contribution in [3.63, 3.8) is 0 Å². The van der Waals surface area contributed by atoms with Crippen molar-refractivity contribution in [2.24, 2.45) is 0 Å². The average Bonchev–Trinajstić information content (AvgIpc) is 2.98. The molecule has 0 N–H and O–H groups in total. The third kappa shape index (κ3) is 16.9. The molecule has 320 valence electrons. The van der Waals surface area contributed by atoms with E-state index in [4.69, 9.17) is 23.7 Å². The minimum absolute atomic E-state index is 0.147. The third-order valence-corrected chi connectivity index (χ3v) is 11.0. The van der Waals surface area contributed by atoms with Crippen LogP contribution in [0.3, 0.4) is 0 Å². The van der Waals surface area contributed by atoms with Gasteiger partial charge in [-0.05, 0) is 117 Å². The van der Waals surface area contributed by atoms with Gasteiger partial charge in [-0.1, -0.05) is 19.6 Å². The normalized spacial score (nSPS) is 16.9. The number of carbonyl (C=O) groups excluding carboxylic acids is 4. The highest BCUT2D eigenvalue weighted by Crippen LogP contribution is 2.39. The van der Waals surface area contributed by atoms with Gasteiger partial charge in [-0.15, -0.1) is 0 Å². The Morgan fingerprint density at radius 2 is 1.14 bits per heavy atom. The number of halogens is 1. The molecule has 1 saturated heterocycles. The molecule has 1 unspecified atom stereocenters. The van der Waals surface area contributed by atoms with Gasteiger partial charge in [0, 0.05) is 71.5 Å². The minimum atomic E-state index is -1.47. The second kappa shape index (κ2) is 19.7. The molecule has 1 aromatic carbocycles. The molecule has 0 aromatic heterocycles. The highest BCUT2D eigenvalue weighted by Gasteiger charge is 2.38. The number of ether oxygens (including phenoxy) is 5. The molecular weight excluding hydrogens is 800 g/mol. The monoisotopic (exact) mass is 870 g/mol. The number of hydrogen-bond acceptors (Lipinski definition) is 11. The second-order valence-electron chi connectivity index (χ2n) is 19.6. The highest BCUT2D eigenvalue weighted by atomic mass is 79.9. The van der Waals surface area contributed by atoms with Crippen LogP contribution in [0.25, 0.3) is 0 Å². The summed E-state index contributed by atoms with van der Waals surface area (Å²) in [5.74, 6) is -0.675. The Morgan fingerprint density at radius 3 is 1.59 bits per heavy atom. The molecule has 1 fully saturated rings. The summed E-state index contributed by atoms with van der Waals surface area (Å²) in [4.78, 5) is 62.8. The summed E-state index contributed by atoms with van der Waals surface area (Å²) < 4.78 is 29.8. The molecule has 2 rings (SSSR count). The van der Waals surface area contributed by atoms with E-state index in [2.05, 4.69) is 61.2 Å². The molecular formula is C41H71BrN4O9Si. The molecule has 56 heavy (non-hydrogen) atoms. The summed E-state index contributed by atoms with van der Waals surface area (Å²) in [5, 5.41) is 0. The van der Waals surface area contributed by atoms with Crippen molar-refractivity contribution in [3.05, 3.63) is 27.7 Å². The SMILES string of the molecule is COc1c(Br)cc(C(=O)OCC[Si](C)(C)C)cc1C(C(=O)OC(C)(C)C)N1CCN(C(=O)OC(C)(C)C)CCN(C(=O)OC(C)(C)C)CCN(C(C)(C)C)CC1. The summed E-state index contributed by atoms with van der Waals surface area (Å²) in [6, 6.07) is 3.05. The fraction of sp³-hybridized carbons (Fsp3) is 0.756. The Balaban J connectivity index is 2.78. The van der Waals surface area contributed by atoms with E-state index in [0.29, 0.717) is 48.6 Å². The van der Waals surface area contributed by atoms with E-state index in [1.807, 2.05) is 25.7 Å². The molecule has 0 bridgehead atoms. The molecule has 0 aliphatic carbocycles. The lowest BCUT2D eigenvalue weighted by atomic mass is 9.99. The number of hydrogen-bond donors (Lipinski definition) is 0. The molecule has 2 amide bonds. The van der Waals surface area contributed by atoms with Gasteiger partial charge in [-0.2, -0.15) is 0 Å². The van der Waals surface area contributed by atoms with Crippen LogP contribution in [0.1, 0.15) is 105 Å². The molecule has 0 saturated carbocycles. The van der Waals surface area contributed by atoms with Crippen LogP contribution in [0, 0.1) is 0 Å². The number of carbonyl (C=O) groups is 4. The lowest BCUT2D eigenvalue weighted by Crippen LogP contribution is -2.54. The highest BCUT2D eigenvalue weighted by molar-refractivity contribution is 9.10. The quantitative estimate of drug-likeness (QED) is 0.143. The molecule has 1 heterocycles. The van der Waals surface area contributed by atoms with Crippen molar-refractivity contribution in [1.82, 2.24) is 19.6 Å². The zero-order valence-corrected chi connectivity index (χ0v) is 39.7. The van der Waals surface area contributed by atoms with E-state index < -0.39 is 55.0 Å². The molecule has 1 aromatic rings. The van der Waals surface area contributed by atoms with Crippen molar-refractivity contribution in [1.29, 1.82) is 0 Å². The topological polar surface area (TPSA) is 127 Å². The Hall–Kier alpha value is -2.88. The lowest BCUT2D eigenvalue weighted by Gasteiger charge is -2.41. The van der Waals surface area contributed by atoms with Crippen molar-refractivity contribution in [3.8, 4) is 5.75 Å². The van der Waals surface area contributed by atoms with E-state index in [0.717, 1.165) is 6.04 Å². The number of methoxy groups -OCH3 is 1. The smallest absolute Gasteiger partial charge is 0.410 e. The van der Waals surface area contributed by atoms with E-state index >= 15 is 0 Å². The maximum Gasteiger partial charge on any atom is 0.410 e. The molecule has 0 radical (unpaired) electrons. The van der Waals surface area contributed by atoms with Crippen LogP contribution in [0.4, 0.5) is 9.59 Å². The lowest BCUT2D eigenvalue weighted by molar-refractivity contribution is -0.162. The van der Waals surface area contributed by atoms with Gasteiger partial charge in [0.25, 0.3) is 0 Å². The van der Waals surface area contributed by atoms with Crippen molar-refractivity contribution >= 4 is 48.1 Å². The Labute approximate surface area is 346 Å². The largest absolute Gasteiger partial charge is 0.495 e. The van der Waals surface area contributed by atoms with E-state index in [-0.39, 0.29) is 37.3 Å². The molecule has 1 atom stereocenters. The maximum absolute atomic E-state index is 14.6. The van der Waals surface area contributed by atoms with Gasteiger partial charge in [0.2, 0.25) is 0 Å². The van der Waals surface area contributed by atoms with Gasteiger partial charge in [0.1, 0.15) is 28.6 Å². The standard InChI is InChI=1S/C41H71BrN4O9Si/c1-38(2,3)46-23-21-43(17-18-44(36(49)54-40(7,8)9)19-20-45(22-24-46)37(50)55-41(10,11)12)32(35(48)53-39(4,5)6)30-27-29(28-31(42)33(30)51-13)34(47)52-25-26-56(14,15)16/h27-28,32H,17-26H2,1-16H3. The average molecular weight is 872 g/mol. The Bertz CT molecular complexity index is 1510. The van der Waals surface area contributed by atoms with Crippen LogP contribution in [-0.2, 0) is 23.7 Å². The van der Waals surface area contributed by atoms with Crippen LogP contribution in [0.15, 0.2) is 16.6 Å². The number of benzene rings is 1. The van der Waals surface area contributed by atoms with Gasteiger partial charge >= 0.3 is 24.1 Å². The van der Waals surface area contributed by atoms with Crippen LogP contribution >= 0.6 is 15.9 Å². The first-order chi connectivity index (χ1) is 25.4. The minimum Gasteiger partial charge on any atom is -0.495 e. The van der Waals surface area contributed by atoms with Gasteiger partial charge in [-0.3, -0.25) is 9.80 Å².